The molecule has 2 aliphatic rings. The van der Waals surface area contributed by atoms with E-state index >= 15 is 0 Å². The van der Waals surface area contributed by atoms with Gasteiger partial charge in [-0.05, 0) is 67.0 Å². The summed E-state index contributed by atoms with van der Waals surface area (Å²) in [6, 6.07) is 11.1. The van der Waals surface area contributed by atoms with Gasteiger partial charge in [-0.25, -0.2) is 0 Å². The Morgan fingerprint density at radius 3 is 2.41 bits per heavy atom. The van der Waals surface area contributed by atoms with Crippen LogP contribution in [0.1, 0.15) is 36.0 Å². The van der Waals surface area contributed by atoms with Crippen LogP contribution in [0.5, 0.6) is 5.75 Å². The molecule has 1 heterocycles. The minimum Gasteiger partial charge on any atom is -0.508 e. The summed E-state index contributed by atoms with van der Waals surface area (Å²) in [5, 5.41) is 23.5. The first-order valence-corrected chi connectivity index (χ1v) is 15.5. The molecule has 2 aromatic carbocycles. The molecular weight excluding hydrogens is 590 g/mol. The lowest BCUT2D eigenvalue weighted by atomic mass is 9.85. The van der Waals surface area contributed by atoms with Gasteiger partial charge in [-0.2, -0.15) is 0 Å². The number of nitrogens with zero attached hydrogens (tertiary/aromatic N) is 1. The zero-order valence-electron chi connectivity index (χ0n) is 26.0. The number of likely N-dealkylation sites (N-methyl/N-ethyl adjacent to an activating group) is 1. The van der Waals surface area contributed by atoms with E-state index in [4.69, 9.17) is 5.73 Å². The minimum absolute atomic E-state index is 0.0525. The predicted octanol–water partition coefficient (Wildman–Crippen LogP) is -0.461. The molecule has 1 aliphatic carbocycles. The average Bonchev–Trinajstić information content (AvgIpc) is 3.04. The normalized spacial score (nSPS) is 22.9. The Labute approximate surface area is 268 Å². The minimum atomic E-state index is -1.06. The number of allylic oxidation sites excluding steroid dienone is 1. The molecule has 1 aliphatic heterocycles. The summed E-state index contributed by atoms with van der Waals surface area (Å²) in [6.07, 6.45) is 5.80. The van der Waals surface area contributed by atoms with E-state index in [2.05, 4.69) is 26.6 Å². The SMILES string of the molecule is CN1CC(=O)NC(CCCNCN)C(=O)NC(CC2C=Cc3ccccc3C2)C(=O)NCC(=O)NC(Cc2ccc(O)cc2)C1=O. The number of hydrogen-bond donors (Lipinski definition) is 7. The van der Waals surface area contributed by atoms with Gasteiger partial charge in [0.25, 0.3) is 0 Å². The third-order valence-corrected chi connectivity index (χ3v) is 8.09. The second kappa shape index (κ2) is 16.5. The van der Waals surface area contributed by atoms with E-state index in [1.54, 1.807) is 12.1 Å². The number of nitrogens with one attached hydrogen (secondary N) is 5. The molecule has 4 atom stereocenters. The average molecular weight is 634 g/mol. The number of hydrogen-bond acceptors (Lipinski definition) is 8. The van der Waals surface area contributed by atoms with E-state index in [0.29, 0.717) is 24.9 Å². The number of fused-ring (bicyclic) bond motifs is 1. The van der Waals surface area contributed by atoms with Crippen LogP contribution in [0.2, 0.25) is 0 Å². The molecule has 0 radical (unpaired) electrons. The molecule has 4 unspecified atom stereocenters. The molecule has 1 fully saturated rings. The Bertz CT molecular complexity index is 1430. The lowest BCUT2D eigenvalue weighted by molar-refractivity contribution is -0.138. The monoisotopic (exact) mass is 633 g/mol. The number of rotatable bonds is 9. The number of phenols is 1. The van der Waals surface area contributed by atoms with Crippen molar-refractivity contribution in [2.45, 2.75) is 50.2 Å². The summed E-state index contributed by atoms with van der Waals surface area (Å²) >= 11 is 0. The molecule has 4 rings (SSSR count). The molecule has 246 valence electrons. The van der Waals surface area contributed by atoms with Crippen LogP contribution < -0.4 is 32.3 Å². The van der Waals surface area contributed by atoms with Gasteiger partial charge in [0.2, 0.25) is 29.5 Å². The van der Waals surface area contributed by atoms with Crippen LogP contribution in [0.25, 0.3) is 6.08 Å². The van der Waals surface area contributed by atoms with Gasteiger partial charge < -0.3 is 42.3 Å². The Morgan fingerprint density at radius 2 is 1.65 bits per heavy atom. The number of nitrogens with two attached hydrogens (primary N) is 1. The first-order valence-electron chi connectivity index (χ1n) is 15.5. The smallest absolute Gasteiger partial charge is 0.245 e. The van der Waals surface area contributed by atoms with Gasteiger partial charge >= 0.3 is 0 Å². The summed E-state index contributed by atoms with van der Waals surface area (Å²) in [4.78, 5) is 67.9. The van der Waals surface area contributed by atoms with Crippen molar-refractivity contribution in [3.8, 4) is 5.75 Å². The number of aromatic hydroxyl groups is 1. The molecule has 13 heteroatoms. The highest BCUT2D eigenvalue weighted by Crippen LogP contribution is 2.26. The van der Waals surface area contributed by atoms with Crippen LogP contribution in [0.15, 0.2) is 54.6 Å². The zero-order chi connectivity index (χ0) is 33.1. The predicted molar refractivity (Wildman–Crippen MR) is 172 cm³/mol. The van der Waals surface area contributed by atoms with Crippen molar-refractivity contribution in [2.24, 2.45) is 11.7 Å². The molecule has 0 spiro atoms. The molecule has 1 saturated heterocycles. The fraction of sp³-hybridized carbons (Fsp3) is 0.424. The van der Waals surface area contributed by atoms with Gasteiger partial charge in [0.1, 0.15) is 23.9 Å². The molecule has 2 aromatic rings. The third kappa shape index (κ3) is 9.88. The number of carbonyl (C=O) groups excluding carboxylic acids is 5. The second-order valence-electron chi connectivity index (χ2n) is 11.7. The Kier molecular flexibility index (Phi) is 12.3. The molecular formula is C33H43N7O6. The molecule has 13 nitrogen and oxygen atoms in total. The highest BCUT2D eigenvalue weighted by Gasteiger charge is 2.32. The van der Waals surface area contributed by atoms with Gasteiger partial charge in [-0.3, -0.25) is 24.0 Å². The van der Waals surface area contributed by atoms with Crippen molar-refractivity contribution in [1.29, 1.82) is 0 Å². The largest absolute Gasteiger partial charge is 0.508 e. The Morgan fingerprint density at radius 1 is 0.913 bits per heavy atom. The molecule has 46 heavy (non-hydrogen) atoms. The van der Waals surface area contributed by atoms with Crippen molar-refractivity contribution in [2.75, 3.05) is 33.4 Å². The van der Waals surface area contributed by atoms with Gasteiger partial charge in [0.15, 0.2) is 0 Å². The van der Waals surface area contributed by atoms with E-state index in [1.165, 1.54) is 24.1 Å². The van der Waals surface area contributed by atoms with Crippen LogP contribution in [-0.4, -0.2) is 91.0 Å². The van der Waals surface area contributed by atoms with Crippen LogP contribution in [0, 0.1) is 5.92 Å². The maximum atomic E-state index is 13.6. The van der Waals surface area contributed by atoms with Crippen molar-refractivity contribution in [3.63, 3.8) is 0 Å². The molecule has 0 aromatic heterocycles. The fourth-order valence-electron chi connectivity index (χ4n) is 5.65. The summed E-state index contributed by atoms with van der Waals surface area (Å²) in [5.41, 5.74) is 8.42. The second-order valence-corrected chi connectivity index (χ2v) is 11.7. The number of carbonyl (C=O) groups is 5. The van der Waals surface area contributed by atoms with Crippen molar-refractivity contribution in [1.82, 2.24) is 31.5 Å². The summed E-state index contributed by atoms with van der Waals surface area (Å²) in [6.45, 7) is -0.0204. The number of phenolic OH excluding ortho intramolecular Hbond substituents is 1. The van der Waals surface area contributed by atoms with Gasteiger partial charge in [-0.15, -0.1) is 0 Å². The maximum absolute atomic E-state index is 13.6. The van der Waals surface area contributed by atoms with E-state index in [1.807, 2.05) is 36.4 Å². The van der Waals surface area contributed by atoms with Crippen molar-refractivity contribution >= 4 is 35.6 Å². The van der Waals surface area contributed by atoms with Crippen molar-refractivity contribution < 1.29 is 29.1 Å². The maximum Gasteiger partial charge on any atom is 0.245 e. The fourth-order valence-corrected chi connectivity index (χ4v) is 5.65. The highest BCUT2D eigenvalue weighted by atomic mass is 16.3. The van der Waals surface area contributed by atoms with E-state index in [-0.39, 0.29) is 44.1 Å². The van der Waals surface area contributed by atoms with Gasteiger partial charge in [0.05, 0.1) is 13.1 Å². The Hall–Kier alpha value is -4.75. The molecule has 0 saturated carbocycles. The number of benzene rings is 2. The zero-order valence-corrected chi connectivity index (χ0v) is 26.0. The first-order chi connectivity index (χ1) is 22.1. The standard InChI is InChI=1S/C33H43N7O6/c1-40-19-30(43)37-26(7-4-14-35-20-34)32(45)39-27(17-22-8-11-23-5-2-3-6-24(23)15-22)31(44)36-18-29(42)38-28(33(40)46)16-21-9-12-25(41)13-10-21/h2-3,5-6,8-13,22,26-28,35,41H,4,7,14-20,34H2,1H3,(H,36,44)(H,37,43)(H,38,42)(H,39,45). The summed E-state index contributed by atoms with van der Waals surface area (Å²) in [5.74, 6) is -2.83. The van der Waals surface area contributed by atoms with Crippen molar-refractivity contribution in [3.05, 3.63) is 71.3 Å². The summed E-state index contributed by atoms with van der Waals surface area (Å²) < 4.78 is 0. The molecule has 5 amide bonds. The Balaban J connectivity index is 1.57. The van der Waals surface area contributed by atoms with E-state index in [0.717, 1.165) is 11.1 Å². The highest BCUT2D eigenvalue weighted by molar-refractivity contribution is 5.96. The van der Waals surface area contributed by atoms with Crippen LogP contribution in [0.3, 0.4) is 0 Å². The quantitative estimate of drug-likeness (QED) is 0.142. The summed E-state index contributed by atoms with van der Waals surface area (Å²) in [7, 11) is 1.43. The topological polar surface area (TPSA) is 195 Å². The van der Waals surface area contributed by atoms with Crippen LogP contribution in [0.4, 0.5) is 0 Å². The molecule has 0 bridgehead atoms. The van der Waals surface area contributed by atoms with Crippen LogP contribution >= 0.6 is 0 Å². The lowest BCUT2D eigenvalue weighted by Crippen LogP contribution is -2.55. The van der Waals surface area contributed by atoms with E-state index < -0.39 is 54.2 Å². The first kappa shape index (κ1) is 34.1. The number of amides is 5. The van der Waals surface area contributed by atoms with Crippen LogP contribution in [-0.2, 0) is 36.8 Å². The van der Waals surface area contributed by atoms with Gasteiger partial charge in [-0.1, -0.05) is 48.6 Å². The third-order valence-electron chi connectivity index (χ3n) is 8.09. The lowest BCUT2D eigenvalue weighted by Gasteiger charge is -2.27. The van der Waals surface area contributed by atoms with Gasteiger partial charge in [0, 0.05) is 20.1 Å². The van der Waals surface area contributed by atoms with E-state index in [9.17, 15) is 29.1 Å². The molecule has 8 N–H and O–H groups in total.